The lowest BCUT2D eigenvalue weighted by Gasteiger charge is -2.14. The number of nitrogens with zero attached hydrogens (tertiary/aromatic N) is 5. The fourth-order valence-corrected chi connectivity index (χ4v) is 5.74. The number of fused-ring (bicyclic) bond motifs is 1. The van der Waals surface area contributed by atoms with Gasteiger partial charge in [0.1, 0.15) is 5.75 Å². The van der Waals surface area contributed by atoms with E-state index in [1.165, 1.54) is 55.3 Å². The fraction of sp³-hybridized carbons (Fsp3) is 0.148. The van der Waals surface area contributed by atoms with Gasteiger partial charge >= 0.3 is 0 Å². The summed E-state index contributed by atoms with van der Waals surface area (Å²) in [6.45, 7) is 1.49. The zero-order valence-corrected chi connectivity index (χ0v) is 23.5. The van der Waals surface area contributed by atoms with Crippen molar-refractivity contribution < 1.29 is 19.2 Å². The number of carbonyl (C=O) groups is 2. The van der Waals surface area contributed by atoms with E-state index in [9.17, 15) is 19.7 Å². The van der Waals surface area contributed by atoms with E-state index in [2.05, 4.69) is 25.8 Å². The summed E-state index contributed by atoms with van der Waals surface area (Å²) in [4.78, 5) is 40.9. The van der Waals surface area contributed by atoms with Gasteiger partial charge in [0, 0.05) is 17.2 Å². The quantitative estimate of drug-likeness (QED) is 0.133. The van der Waals surface area contributed by atoms with Gasteiger partial charge in [-0.3, -0.25) is 24.3 Å². The van der Waals surface area contributed by atoms with Crippen LogP contribution in [-0.4, -0.2) is 49.3 Å². The topological polar surface area (TPSA) is 154 Å². The van der Waals surface area contributed by atoms with Crippen LogP contribution in [-0.2, 0) is 11.3 Å². The minimum atomic E-state index is -0.527. The first-order valence-electron chi connectivity index (χ1n) is 12.2. The predicted octanol–water partition coefficient (Wildman–Crippen LogP) is 4.76. The first-order valence-corrected chi connectivity index (χ1v) is 14.0. The molecule has 0 radical (unpaired) electrons. The molecule has 2 aromatic heterocycles. The molecule has 0 aliphatic heterocycles. The zero-order valence-electron chi connectivity index (χ0n) is 21.9. The van der Waals surface area contributed by atoms with Crippen LogP contribution in [0.5, 0.6) is 5.75 Å². The number of carbonyl (C=O) groups excluding carboxylic acids is 2. The van der Waals surface area contributed by atoms with Crippen LogP contribution in [0.25, 0.3) is 15.9 Å². The molecular formula is C27H23N7O5S2. The summed E-state index contributed by atoms with van der Waals surface area (Å²) in [5.74, 6) is 0.183. The second-order valence-electron chi connectivity index (χ2n) is 8.62. The van der Waals surface area contributed by atoms with E-state index in [0.717, 1.165) is 10.2 Å². The Kier molecular flexibility index (Phi) is 8.21. The molecule has 0 unspecified atom stereocenters. The van der Waals surface area contributed by atoms with Crippen LogP contribution in [0.3, 0.4) is 0 Å². The second-order valence-corrected chi connectivity index (χ2v) is 10.6. The van der Waals surface area contributed by atoms with Gasteiger partial charge in [0.05, 0.1) is 40.2 Å². The molecule has 2 amide bonds. The number of amides is 2. The van der Waals surface area contributed by atoms with Gasteiger partial charge in [-0.1, -0.05) is 53.4 Å². The van der Waals surface area contributed by atoms with Crippen LogP contribution < -0.4 is 15.4 Å². The largest absolute Gasteiger partial charge is 0.495 e. The molecule has 2 N–H and O–H groups in total. The molecule has 0 bridgehead atoms. The minimum absolute atomic E-state index is 0.0302. The highest BCUT2D eigenvalue weighted by Gasteiger charge is 2.22. The van der Waals surface area contributed by atoms with Crippen LogP contribution in [0.15, 0.2) is 71.9 Å². The molecule has 0 atom stereocenters. The maximum absolute atomic E-state index is 13.0. The van der Waals surface area contributed by atoms with Gasteiger partial charge in [-0.15, -0.1) is 10.2 Å². The standard InChI is InChI=1S/C27H23N7O5S2/c1-16-17(8-7-11-19(16)34(37)38)25(36)28-14-23-31-32-27(33(23)20-10-4-5-12-21(20)39-2)40-15-24(35)30-26-29-18-9-3-6-13-22(18)41-26/h3-13H,14-15H2,1-2H3,(H,28,36)(H,29,30,35). The van der Waals surface area contributed by atoms with Gasteiger partial charge in [0.2, 0.25) is 5.91 Å². The van der Waals surface area contributed by atoms with Crippen molar-refractivity contribution >= 4 is 55.9 Å². The summed E-state index contributed by atoms with van der Waals surface area (Å²) < 4.78 is 8.21. The van der Waals surface area contributed by atoms with Gasteiger partial charge in [0.25, 0.3) is 11.6 Å². The number of aromatic nitrogens is 4. The lowest BCUT2D eigenvalue weighted by Crippen LogP contribution is -2.25. The van der Waals surface area contributed by atoms with Crippen LogP contribution in [0, 0.1) is 17.0 Å². The lowest BCUT2D eigenvalue weighted by atomic mass is 10.1. The molecule has 12 nitrogen and oxygen atoms in total. The normalized spacial score (nSPS) is 10.9. The molecular weight excluding hydrogens is 566 g/mol. The second kappa shape index (κ2) is 12.1. The molecule has 41 heavy (non-hydrogen) atoms. The summed E-state index contributed by atoms with van der Waals surface area (Å²) in [6.07, 6.45) is 0. The summed E-state index contributed by atoms with van der Waals surface area (Å²) in [5, 5.41) is 26.3. The Balaban J connectivity index is 1.36. The SMILES string of the molecule is COc1ccccc1-n1c(CNC(=O)c2cccc([N+](=O)[O-])c2C)nnc1SCC(=O)Nc1nc2ccccc2s1. The summed E-state index contributed by atoms with van der Waals surface area (Å²) in [5.41, 5.74) is 1.73. The first kappa shape index (κ1) is 27.7. The van der Waals surface area contributed by atoms with Crippen LogP contribution >= 0.6 is 23.1 Å². The number of thiazole rings is 1. The number of thioether (sulfide) groups is 1. The molecule has 5 aromatic rings. The van der Waals surface area contributed by atoms with E-state index < -0.39 is 10.8 Å². The van der Waals surface area contributed by atoms with Crippen molar-refractivity contribution in [3.63, 3.8) is 0 Å². The van der Waals surface area contributed by atoms with Crippen molar-refractivity contribution in [1.29, 1.82) is 0 Å². The molecule has 0 saturated carbocycles. The van der Waals surface area contributed by atoms with Crippen molar-refractivity contribution in [2.75, 3.05) is 18.2 Å². The summed E-state index contributed by atoms with van der Waals surface area (Å²) >= 11 is 2.55. The van der Waals surface area contributed by atoms with E-state index in [0.29, 0.717) is 27.5 Å². The molecule has 3 aromatic carbocycles. The molecule has 0 fully saturated rings. The van der Waals surface area contributed by atoms with Crippen molar-refractivity contribution in [3.8, 4) is 11.4 Å². The summed E-state index contributed by atoms with van der Waals surface area (Å²) in [7, 11) is 1.54. The zero-order chi connectivity index (χ0) is 28.9. The number of ether oxygens (including phenoxy) is 1. The average Bonchev–Trinajstić information content (AvgIpc) is 3.57. The monoisotopic (exact) mass is 589 g/mol. The number of hydrogen-bond acceptors (Lipinski definition) is 10. The van der Waals surface area contributed by atoms with Gasteiger partial charge in [-0.25, -0.2) is 4.98 Å². The Hall–Kier alpha value is -4.82. The van der Waals surface area contributed by atoms with Gasteiger partial charge in [0.15, 0.2) is 16.1 Å². The van der Waals surface area contributed by atoms with Crippen LogP contribution in [0.1, 0.15) is 21.7 Å². The van der Waals surface area contributed by atoms with Gasteiger partial charge in [-0.05, 0) is 37.3 Å². The molecule has 0 aliphatic rings. The summed E-state index contributed by atoms with van der Waals surface area (Å²) in [6, 6.07) is 19.2. The number of para-hydroxylation sites is 3. The van der Waals surface area contributed by atoms with E-state index in [1.54, 1.807) is 10.6 Å². The van der Waals surface area contributed by atoms with Crippen molar-refractivity contribution in [2.24, 2.45) is 0 Å². The highest BCUT2D eigenvalue weighted by atomic mass is 32.2. The number of methoxy groups -OCH3 is 1. The van der Waals surface area contributed by atoms with E-state index in [4.69, 9.17) is 4.74 Å². The van der Waals surface area contributed by atoms with Crippen LogP contribution in [0.2, 0.25) is 0 Å². The lowest BCUT2D eigenvalue weighted by molar-refractivity contribution is -0.385. The van der Waals surface area contributed by atoms with Crippen LogP contribution in [0.4, 0.5) is 10.8 Å². The molecule has 2 heterocycles. The molecule has 208 valence electrons. The smallest absolute Gasteiger partial charge is 0.273 e. The van der Waals surface area contributed by atoms with Crippen molar-refractivity contribution in [2.45, 2.75) is 18.6 Å². The van der Waals surface area contributed by atoms with E-state index in [-0.39, 0.29) is 35.0 Å². The Morgan fingerprint density at radius 1 is 1.07 bits per heavy atom. The first-order chi connectivity index (χ1) is 19.9. The third-order valence-corrected chi connectivity index (χ3v) is 7.93. The molecule has 0 saturated heterocycles. The van der Waals surface area contributed by atoms with Gasteiger partial charge < -0.3 is 15.4 Å². The van der Waals surface area contributed by atoms with E-state index >= 15 is 0 Å². The van der Waals surface area contributed by atoms with Crippen molar-refractivity contribution in [1.82, 2.24) is 25.1 Å². The molecule has 0 aliphatic carbocycles. The maximum atomic E-state index is 13.0. The number of rotatable bonds is 10. The Labute approximate surface area is 241 Å². The fourth-order valence-electron chi connectivity index (χ4n) is 4.10. The highest BCUT2D eigenvalue weighted by Crippen LogP contribution is 2.30. The number of anilines is 1. The number of nitro benzene ring substituents is 1. The number of nitro groups is 1. The Morgan fingerprint density at radius 2 is 1.85 bits per heavy atom. The predicted molar refractivity (Wildman–Crippen MR) is 156 cm³/mol. The number of nitrogens with one attached hydrogen (secondary N) is 2. The third-order valence-electron chi connectivity index (χ3n) is 6.05. The minimum Gasteiger partial charge on any atom is -0.495 e. The van der Waals surface area contributed by atoms with Gasteiger partial charge in [-0.2, -0.15) is 0 Å². The molecule has 5 rings (SSSR count). The van der Waals surface area contributed by atoms with E-state index in [1.807, 2.05) is 42.5 Å². The van der Waals surface area contributed by atoms with Crippen molar-refractivity contribution in [3.05, 3.63) is 93.8 Å². The maximum Gasteiger partial charge on any atom is 0.273 e. The number of hydrogen-bond donors (Lipinski definition) is 2. The Bertz CT molecular complexity index is 1740. The third kappa shape index (κ3) is 6.02. The Morgan fingerprint density at radius 3 is 2.63 bits per heavy atom. The molecule has 14 heteroatoms. The highest BCUT2D eigenvalue weighted by molar-refractivity contribution is 7.99. The molecule has 0 spiro atoms. The number of benzene rings is 3. The average molecular weight is 590 g/mol.